The minimum atomic E-state index is 0.145. The predicted molar refractivity (Wildman–Crippen MR) is 85.4 cm³/mol. The van der Waals surface area contributed by atoms with Crippen LogP contribution in [0.25, 0.3) is 0 Å². The van der Waals surface area contributed by atoms with Gasteiger partial charge in [-0.1, -0.05) is 11.6 Å². The lowest BCUT2D eigenvalue weighted by molar-refractivity contribution is -0.121. The number of carbonyl (C=O) groups excluding carboxylic acids is 1. The summed E-state index contributed by atoms with van der Waals surface area (Å²) in [7, 11) is 0. The number of amides is 1. The Kier molecular flexibility index (Phi) is 6.20. The molecule has 3 nitrogen and oxygen atoms in total. The van der Waals surface area contributed by atoms with Crippen LogP contribution in [0.4, 0.5) is 0 Å². The SMILES string of the molecule is CC1NCCCC1NC(=O)CCSc1ccc(Cl)cc1. The fraction of sp³-hybridized carbons (Fsp3) is 0.533. The topological polar surface area (TPSA) is 41.1 Å². The van der Waals surface area contributed by atoms with Gasteiger partial charge in [-0.15, -0.1) is 11.8 Å². The van der Waals surface area contributed by atoms with E-state index < -0.39 is 0 Å². The standard InChI is InChI=1S/C15H21ClN2OS/c1-11-14(3-2-9-17-11)18-15(19)8-10-20-13-6-4-12(16)5-7-13/h4-7,11,14,17H,2-3,8-10H2,1H3,(H,18,19). The highest BCUT2D eigenvalue weighted by Crippen LogP contribution is 2.21. The first kappa shape index (κ1) is 15.7. The van der Waals surface area contributed by atoms with Gasteiger partial charge < -0.3 is 10.6 Å². The zero-order valence-corrected chi connectivity index (χ0v) is 13.3. The van der Waals surface area contributed by atoms with Crippen LogP contribution in [0, 0.1) is 0 Å². The highest BCUT2D eigenvalue weighted by Gasteiger charge is 2.21. The smallest absolute Gasteiger partial charge is 0.221 e. The lowest BCUT2D eigenvalue weighted by atomic mass is 10.00. The molecule has 0 aromatic heterocycles. The zero-order valence-electron chi connectivity index (χ0n) is 11.7. The Labute approximate surface area is 129 Å². The largest absolute Gasteiger partial charge is 0.352 e. The summed E-state index contributed by atoms with van der Waals surface area (Å²) in [4.78, 5) is 13.1. The van der Waals surface area contributed by atoms with Gasteiger partial charge in [0, 0.05) is 34.2 Å². The molecule has 1 fully saturated rings. The molecule has 5 heteroatoms. The highest BCUT2D eigenvalue weighted by molar-refractivity contribution is 7.99. The fourth-order valence-corrected chi connectivity index (χ4v) is 3.29. The maximum Gasteiger partial charge on any atom is 0.221 e. The Bertz CT molecular complexity index is 438. The molecule has 0 aliphatic carbocycles. The van der Waals surface area contributed by atoms with Gasteiger partial charge in [-0.2, -0.15) is 0 Å². The molecular weight excluding hydrogens is 292 g/mol. The third-order valence-electron chi connectivity index (χ3n) is 3.52. The molecule has 0 spiro atoms. The van der Waals surface area contributed by atoms with Crippen LogP contribution in [0.3, 0.4) is 0 Å². The average Bonchev–Trinajstić information content (AvgIpc) is 2.44. The Balaban J connectivity index is 1.68. The summed E-state index contributed by atoms with van der Waals surface area (Å²) in [6, 6.07) is 8.36. The van der Waals surface area contributed by atoms with Crippen molar-refractivity contribution in [1.82, 2.24) is 10.6 Å². The molecule has 20 heavy (non-hydrogen) atoms. The van der Waals surface area contributed by atoms with E-state index in [-0.39, 0.29) is 11.9 Å². The van der Waals surface area contributed by atoms with Crippen molar-refractivity contribution in [3.8, 4) is 0 Å². The molecule has 110 valence electrons. The maximum absolute atomic E-state index is 11.9. The van der Waals surface area contributed by atoms with Crippen molar-refractivity contribution in [2.45, 2.75) is 43.2 Å². The number of halogens is 1. The van der Waals surface area contributed by atoms with Crippen molar-refractivity contribution >= 4 is 29.3 Å². The van der Waals surface area contributed by atoms with Crippen LogP contribution >= 0.6 is 23.4 Å². The number of thioether (sulfide) groups is 1. The van der Waals surface area contributed by atoms with E-state index >= 15 is 0 Å². The first-order valence-corrected chi connectivity index (χ1v) is 8.42. The van der Waals surface area contributed by atoms with Crippen LogP contribution in [0.2, 0.25) is 5.02 Å². The number of nitrogens with one attached hydrogen (secondary N) is 2. The third kappa shape index (κ3) is 5.00. The first-order valence-electron chi connectivity index (χ1n) is 7.06. The van der Waals surface area contributed by atoms with Gasteiger partial charge >= 0.3 is 0 Å². The van der Waals surface area contributed by atoms with E-state index in [2.05, 4.69) is 17.6 Å². The van der Waals surface area contributed by atoms with Crippen molar-refractivity contribution < 1.29 is 4.79 Å². The minimum absolute atomic E-state index is 0.145. The van der Waals surface area contributed by atoms with E-state index in [9.17, 15) is 4.79 Å². The molecule has 1 aromatic carbocycles. The molecule has 1 heterocycles. The van der Waals surface area contributed by atoms with Crippen LogP contribution in [-0.4, -0.2) is 30.3 Å². The van der Waals surface area contributed by atoms with Gasteiger partial charge in [0.2, 0.25) is 5.91 Å². The molecular formula is C15H21ClN2OS. The Morgan fingerprint density at radius 3 is 2.90 bits per heavy atom. The van der Waals surface area contributed by atoms with E-state index in [1.807, 2.05) is 24.3 Å². The van der Waals surface area contributed by atoms with Gasteiger partial charge in [-0.25, -0.2) is 0 Å². The Morgan fingerprint density at radius 2 is 2.20 bits per heavy atom. The molecule has 2 atom stereocenters. The van der Waals surface area contributed by atoms with Gasteiger partial charge in [-0.05, 0) is 50.6 Å². The van der Waals surface area contributed by atoms with Crippen LogP contribution in [0.1, 0.15) is 26.2 Å². The van der Waals surface area contributed by atoms with Crippen LogP contribution < -0.4 is 10.6 Å². The molecule has 2 N–H and O–H groups in total. The van der Waals surface area contributed by atoms with E-state index in [1.165, 1.54) is 0 Å². The zero-order chi connectivity index (χ0) is 14.4. The van der Waals surface area contributed by atoms with Gasteiger partial charge in [0.05, 0.1) is 0 Å². The quantitative estimate of drug-likeness (QED) is 0.821. The lowest BCUT2D eigenvalue weighted by Gasteiger charge is -2.30. The molecule has 1 aliphatic rings. The molecule has 1 aliphatic heterocycles. The second kappa shape index (κ2) is 7.91. The summed E-state index contributed by atoms with van der Waals surface area (Å²) in [5, 5.41) is 7.26. The van der Waals surface area contributed by atoms with Gasteiger partial charge in [0.1, 0.15) is 0 Å². The molecule has 2 unspecified atom stereocenters. The van der Waals surface area contributed by atoms with Gasteiger partial charge in [0.25, 0.3) is 0 Å². The fourth-order valence-electron chi connectivity index (χ4n) is 2.31. The molecule has 1 aromatic rings. The summed E-state index contributed by atoms with van der Waals surface area (Å²) in [5.41, 5.74) is 0. The number of benzene rings is 1. The molecule has 0 bridgehead atoms. The Hall–Kier alpha value is -0.710. The van der Waals surface area contributed by atoms with Gasteiger partial charge in [0.15, 0.2) is 0 Å². The van der Waals surface area contributed by atoms with E-state index in [0.29, 0.717) is 12.5 Å². The van der Waals surface area contributed by atoms with Crippen LogP contribution in [0.15, 0.2) is 29.2 Å². The minimum Gasteiger partial charge on any atom is -0.352 e. The molecule has 0 radical (unpaired) electrons. The maximum atomic E-state index is 11.9. The van der Waals surface area contributed by atoms with Crippen molar-refractivity contribution in [3.63, 3.8) is 0 Å². The summed E-state index contributed by atoms with van der Waals surface area (Å²) in [6.45, 7) is 3.19. The van der Waals surface area contributed by atoms with Crippen molar-refractivity contribution in [2.24, 2.45) is 0 Å². The summed E-state index contributed by atoms with van der Waals surface area (Å²) < 4.78 is 0. The number of piperidine rings is 1. The number of hydrogen-bond donors (Lipinski definition) is 2. The summed E-state index contributed by atoms with van der Waals surface area (Å²) in [5.74, 6) is 0.939. The van der Waals surface area contributed by atoms with Crippen molar-refractivity contribution in [2.75, 3.05) is 12.3 Å². The third-order valence-corrected chi connectivity index (χ3v) is 4.79. The second-order valence-corrected chi connectivity index (χ2v) is 6.72. The molecule has 0 saturated carbocycles. The summed E-state index contributed by atoms with van der Waals surface area (Å²) >= 11 is 7.52. The summed E-state index contributed by atoms with van der Waals surface area (Å²) in [6.07, 6.45) is 2.76. The second-order valence-electron chi connectivity index (χ2n) is 5.11. The van der Waals surface area contributed by atoms with E-state index in [1.54, 1.807) is 11.8 Å². The predicted octanol–water partition coefficient (Wildman–Crippen LogP) is 3.08. The van der Waals surface area contributed by atoms with Crippen molar-refractivity contribution in [1.29, 1.82) is 0 Å². The number of rotatable bonds is 5. The highest BCUT2D eigenvalue weighted by atomic mass is 35.5. The molecule has 1 amide bonds. The monoisotopic (exact) mass is 312 g/mol. The lowest BCUT2D eigenvalue weighted by Crippen LogP contribution is -2.51. The normalized spacial score (nSPS) is 22.5. The van der Waals surface area contributed by atoms with Crippen molar-refractivity contribution in [3.05, 3.63) is 29.3 Å². The molecule has 1 saturated heterocycles. The van der Waals surface area contributed by atoms with Gasteiger partial charge in [-0.3, -0.25) is 4.79 Å². The average molecular weight is 313 g/mol. The number of carbonyl (C=O) groups is 1. The number of hydrogen-bond acceptors (Lipinski definition) is 3. The van der Waals surface area contributed by atoms with E-state index in [4.69, 9.17) is 11.6 Å². The van der Waals surface area contributed by atoms with Crippen LogP contribution in [0.5, 0.6) is 0 Å². The Morgan fingerprint density at radius 1 is 1.45 bits per heavy atom. The van der Waals surface area contributed by atoms with Crippen LogP contribution in [-0.2, 0) is 4.79 Å². The first-order chi connectivity index (χ1) is 9.65. The van der Waals surface area contributed by atoms with E-state index in [0.717, 1.165) is 35.1 Å². The molecule has 2 rings (SSSR count).